The third-order valence-electron chi connectivity index (χ3n) is 6.50. The van der Waals surface area contributed by atoms with Crippen LogP contribution >= 0.6 is 0 Å². The molecule has 182 valence electrons. The number of imidazole rings is 1. The van der Waals surface area contributed by atoms with Gasteiger partial charge >= 0.3 is 0 Å². The molecule has 0 saturated heterocycles. The van der Waals surface area contributed by atoms with E-state index in [-0.39, 0.29) is 10.6 Å². The van der Waals surface area contributed by atoms with Crippen LogP contribution in [-0.4, -0.2) is 28.7 Å². The summed E-state index contributed by atoms with van der Waals surface area (Å²) in [4.78, 5) is 9.84. The number of rotatable bonds is 8. The van der Waals surface area contributed by atoms with E-state index in [0.717, 1.165) is 54.0 Å². The molecule has 0 unspecified atom stereocenters. The Morgan fingerprint density at radius 3 is 2.49 bits per heavy atom. The number of ether oxygens (including phenoxy) is 1. The second-order valence-electron chi connectivity index (χ2n) is 8.95. The summed E-state index contributed by atoms with van der Waals surface area (Å²) in [7, 11) is -3.45. The summed E-state index contributed by atoms with van der Waals surface area (Å²) in [5.41, 5.74) is 4.10. The first kappa shape index (κ1) is 23.5. The topological polar surface area (TPSA) is 74.1 Å². The lowest BCUT2D eigenvalue weighted by molar-refractivity contribution is 0.463. The molecule has 0 saturated carbocycles. The zero-order chi connectivity index (χ0) is 24.4. The molecule has 35 heavy (non-hydrogen) atoms. The molecule has 0 aliphatic heterocycles. The summed E-state index contributed by atoms with van der Waals surface area (Å²) in [6.45, 7) is 2.62. The maximum atomic E-state index is 13.2. The van der Waals surface area contributed by atoms with Crippen LogP contribution < -0.4 is 4.74 Å². The molecule has 2 aromatic carbocycles. The van der Waals surface area contributed by atoms with Crippen molar-refractivity contribution in [2.24, 2.45) is 0 Å². The van der Waals surface area contributed by atoms with Gasteiger partial charge in [0.2, 0.25) is 5.88 Å². The molecule has 0 spiro atoms. The summed E-state index contributed by atoms with van der Waals surface area (Å²) < 4.78 is 46.8. The van der Waals surface area contributed by atoms with Crippen LogP contribution in [0.1, 0.15) is 42.8 Å². The van der Waals surface area contributed by atoms with Gasteiger partial charge in [-0.25, -0.2) is 22.8 Å². The number of aromatic nitrogens is 3. The lowest BCUT2D eigenvalue weighted by atomic mass is 9.95. The molecule has 2 aromatic heterocycles. The second-order valence-corrected chi connectivity index (χ2v) is 11.1. The maximum Gasteiger partial charge on any atom is 0.247 e. The van der Waals surface area contributed by atoms with Gasteiger partial charge in [-0.3, -0.25) is 0 Å². The first-order valence-electron chi connectivity index (χ1n) is 12.0. The predicted octanol–water partition coefficient (Wildman–Crippen LogP) is 5.80. The normalized spacial score (nSPS) is 13.7. The van der Waals surface area contributed by atoms with Crippen LogP contribution in [0.25, 0.3) is 11.0 Å². The number of benzene rings is 2. The molecule has 0 fully saturated rings. The number of nitrogens with zero attached hydrogens (tertiary/aromatic N) is 3. The van der Waals surface area contributed by atoms with E-state index in [1.807, 2.05) is 37.3 Å². The Kier molecular flexibility index (Phi) is 6.56. The average molecular weight is 494 g/mol. The maximum absolute atomic E-state index is 13.2. The summed E-state index contributed by atoms with van der Waals surface area (Å²) in [6, 6.07) is 14.6. The van der Waals surface area contributed by atoms with Gasteiger partial charge in [-0.1, -0.05) is 18.2 Å². The Balaban J connectivity index is 1.39. The Hall–Kier alpha value is -3.26. The minimum absolute atomic E-state index is 0.0202. The minimum Gasteiger partial charge on any atom is -0.437 e. The number of aryl methyl sites for hydroxylation is 4. The fraction of sp³-hybridized carbons (Fsp3) is 0.333. The van der Waals surface area contributed by atoms with Crippen molar-refractivity contribution in [1.82, 2.24) is 14.5 Å². The van der Waals surface area contributed by atoms with E-state index < -0.39 is 15.7 Å². The molecule has 1 aliphatic rings. The number of fused-ring (bicyclic) bond motifs is 3. The molecule has 0 radical (unpaired) electrons. The van der Waals surface area contributed by atoms with Crippen molar-refractivity contribution >= 4 is 20.9 Å². The zero-order valence-corrected chi connectivity index (χ0v) is 20.5. The van der Waals surface area contributed by atoms with Gasteiger partial charge in [0.1, 0.15) is 17.4 Å². The van der Waals surface area contributed by atoms with E-state index in [4.69, 9.17) is 14.7 Å². The van der Waals surface area contributed by atoms with Gasteiger partial charge in [0, 0.05) is 12.2 Å². The molecular weight excluding hydrogens is 465 g/mol. The number of sulfone groups is 1. The average Bonchev–Trinajstić information content (AvgIpc) is 3.19. The first-order valence-corrected chi connectivity index (χ1v) is 13.7. The molecule has 0 amide bonds. The highest BCUT2D eigenvalue weighted by atomic mass is 32.2. The van der Waals surface area contributed by atoms with Crippen molar-refractivity contribution in [3.8, 4) is 11.6 Å². The van der Waals surface area contributed by atoms with Crippen LogP contribution in [0.5, 0.6) is 11.6 Å². The third-order valence-corrected chi connectivity index (χ3v) is 8.31. The third kappa shape index (κ3) is 4.93. The molecular formula is C27H28FN3O3S. The van der Waals surface area contributed by atoms with Crippen molar-refractivity contribution in [3.05, 3.63) is 77.5 Å². The molecule has 0 atom stereocenters. The second kappa shape index (κ2) is 9.77. The summed E-state index contributed by atoms with van der Waals surface area (Å²) in [6.07, 6.45) is 5.26. The lowest BCUT2D eigenvalue weighted by Crippen LogP contribution is -2.11. The molecule has 8 heteroatoms. The summed E-state index contributed by atoms with van der Waals surface area (Å²) in [5.74, 6) is 1.68. The number of hydrogen-bond acceptors (Lipinski definition) is 5. The highest BCUT2D eigenvalue weighted by Gasteiger charge is 2.24. The highest BCUT2D eigenvalue weighted by molar-refractivity contribution is 7.91. The predicted molar refractivity (Wildman–Crippen MR) is 133 cm³/mol. The lowest BCUT2D eigenvalue weighted by Gasteiger charge is -2.19. The van der Waals surface area contributed by atoms with Gasteiger partial charge in [0.05, 0.1) is 16.2 Å². The Bertz CT molecular complexity index is 1450. The monoisotopic (exact) mass is 493 g/mol. The van der Waals surface area contributed by atoms with Crippen molar-refractivity contribution in [2.45, 2.75) is 56.9 Å². The number of unbranched alkanes of at least 4 members (excludes halogenated alkanes) is 1. The van der Waals surface area contributed by atoms with Crippen LogP contribution in [0.4, 0.5) is 4.39 Å². The number of pyridine rings is 1. The van der Waals surface area contributed by atoms with E-state index >= 15 is 0 Å². The van der Waals surface area contributed by atoms with Crippen LogP contribution in [0.15, 0.2) is 59.5 Å². The molecule has 0 bridgehead atoms. The van der Waals surface area contributed by atoms with Gasteiger partial charge in [-0.2, -0.15) is 0 Å². The first-order chi connectivity index (χ1) is 16.9. The molecule has 0 N–H and O–H groups in total. The zero-order valence-electron chi connectivity index (χ0n) is 19.7. The van der Waals surface area contributed by atoms with Crippen LogP contribution in [0, 0.1) is 12.7 Å². The molecule has 5 rings (SSSR count). The fourth-order valence-electron chi connectivity index (χ4n) is 4.73. The molecule has 6 nitrogen and oxygen atoms in total. The van der Waals surface area contributed by atoms with Gasteiger partial charge < -0.3 is 9.30 Å². The van der Waals surface area contributed by atoms with E-state index in [1.54, 1.807) is 0 Å². The van der Waals surface area contributed by atoms with Gasteiger partial charge in [0.15, 0.2) is 15.4 Å². The number of halogens is 1. The van der Waals surface area contributed by atoms with Crippen LogP contribution in [-0.2, 0) is 29.2 Å². The van der Waals surface area contributed by atoms with E-state index in [1.165, 1.54) is 29.8 Å². The number of para-hydroxylation sites is 1. The Morgan fingerprint density at radius 2 is 1.71 bits per heavy atom. The summed E-state index contributed by atoms with van der Waals surface area (Å²) in [5, 5.41) is 0. The largest absolute Gasteiger partial charge is 0.437 e. The smallest absolute Gasteiger partial charge is 0.247 e. The Labute approximate surface area is 204 Å². The van der Waals surface area contributed by atoms with Crippen molar-refractivity contribution in [3.63, 3.8) is 0 Å². The molecule has 1 aliphatic carbocycles. The van der Waals surface area contributed by atoms with Crippen LogP contribution in [0.3, 0.4) is 0 Å². The standard InChI is InChI=1S/C27H28FN3O3S/c1-19-29-25-26(31(19)17-7-8-18-35(32,33)22-15-13-20(28)14-16-22)23-11-5-6-12-24(23)30-27(25)34-21-9-3-2-4-10-21/h2-4,9-10,13-16H,5-8,11-12,17-18H2,1H3. The van der Waals surface area contributed by atoms with Gasteiger partial charge in [-0.15, -0.1) is 0 Å². The van der Waals surface area contributed by atoms with Crippen molar-refractivity contribution < 1.29 is 17.5 Å². The quantitative estimate of drug-likeness (QED) is 0.229. The van der Waals surface area contributed by atoms with Crippen molar-refractivity contribution in [2.75, 3.05) is 5.75 Å². The summed E-state index contributed by atoms with van der Waals surface area (Å²) >= 11 is 0. The van der Waals surface area contributed by atoms with Crippen LogP contribution in [0.2, 0.25) is 0 Å². The highest BCUT2D eigenvalue weighted by Crippen LogP contribution is 2.35. The van der Waals surface area contributed by atoms with Gasteiger partial charge in [-0.05, 0) is 87.4 Å². The molecule has 4 aromatic rings. The number of hydrogen-bond donors (Lipinski definition) is 0. The minimum atomic E-state index is -3.45. The molecule has 2 heterocycles. The van der Waals surface area contributed by atoms with E-state index in [9.17, 15) is 12.8 Å². The van der Waals surface area contributed by atoms with E-state index in [0.29, 0.717) is 25.3 Å². The van der Waals surface area contributed by atoms with E-state index in [2.05, 4.69) is 4.57 Å². The SMILES string of the molecule is Cc1nc2c(Oc3ccccc3)nc3c(c2n1CCCCS(=O)(=O)c1ccc(F)cc1)CCCC3. The fourth-order valence-corrected chi connectivity index (χ4v) is 6.10. The Morgan fingerprint density at radius 1 is 0.971 bits per heavy atom. The van der Waals surface area contributed by atoms with Gasteiger partial charge in [0.25, 0.3) is 0 Å². The van der Waals surface area contributed by atoms with Crippen molar-refractivity contribution in [1.29, 1.82) is 0 Å².